The molecule has 0 spiro atoms. The van der Waals surface area contributed by atoms with Crippen molar-refractivity contribution in [2.24, 2.45) is 5.73 Å². The van der Waals surface area contributed by atoms with E-state index in [-0.39, 0.29) is 24.0 Å². The minimum atomic E-state index is -0.681. The molecule has 3 heteroatoms. The highest BCUT2D eigenvalue weighted by atomic mass is 127. The largest absolute Gasteiger partial charge is 0.389 e. The molecule has 0 aromatic heterocycles. The van der Waals surface area contributed by atoms with Crippen molar-refractivity contribution in [2.75, 3.05) is 6.54 Å². The molecule has 0 saturated heterocycles. The summed E-state index contributed by atoms with van der Waals surface area (Å²) in [6, 6.07) is 0. The van der Waals surface area contributed by atoms with Crippen LogP contribution in [0.2, 0.25) is 0 Å². The lowest BCUT2D eigenvalue weighted by molar-refractivity contribution is 0.0898. The van der Waals surface area contributed by atoms with Crippen LogP contribution in [-0.4, -0.2) is 17.3 Å². The quantitative estimate of drug-likeness (QED) is 0.701. The number of aliphatic hydroxyl groups is 1. The van der Waals surface area contributed by atoms with Crippen LogP contribution in [0.4, 0.5) is 0 Å². The second-order valence-electron chi connectivity index (χ2n) is 3.08. The van der Waals surface area contributed by atoms with Gasteiger partial charge in [0, 0.05) is 6.54 Å². The lowest BCUT2D eigenvalue weighted by Crippen LogP contribution is -2.29. The number of nitrogens with two attached hydrogens (primary N) is 1. The Morgan fingerprint density at radius 1 is 1.30 bits per heavy atom. The molecular formula is C7H18INO. The molecule has 1 fully saturated rings. The van der Waals surface area contributed by atoms with Crippen molar-refractivity contribution in [3.63, 3.8) is 0 Å². The lowest BCUT2D eigenvalue weighted by atomic mass is 10.1. The maximum Gasteiger partial charge on any atom is 0.0713 e. The molecule has 2 nitrogen and oxygen atoms in total. The second-order valence-corrected chi connectivity index (χ2v) is 3.08. The summed E-state index contributed by atoms with van der Waals surface area (Å²) in [5.41, 5.74) is 4.38. The third-order valence-electron chi connectivity index (χ3n) is 0.853. The van der Waals surface area contributed by atoms with Gasteiger partial charge in [0.2, 0.25) is 0 Å². The maximum absolute atomic E-state index is 8.70. The first kappa shape index (κ1) is 13.3. The fourth-order valence-corrected chi connectivity index (χ4v) is 0. The van der Waals surface area contributed by atoms with Gasteiger partial charge in [-0.1, -0.05) is 19.3 Å². The lowest BCUT2D eigenvalue weighted by Gasteiger charge is -2.11. The minimum absolute atomic E-state index is 0. The summed E-state index contributed by atoms with van der Waals surface area (Å²) in [5.74, 6) is 0. The first-order chi connectivity index (χ1) is 4.06. The zero-order valence-corrected chi connectivity index (χ0v) is 9.09. The molecule has 1 rings (SSSR count). The van der Waals surface area contributed by atoms with E-state index in [4.69, 9.17) is 10.8 Å². The Balaban J connectivity index is 0. The average Bonchev–Trinajstić information content (AvgIpc) is 2.45. The molecule has 3 N–H and O–H groups in total. The predicted molar refractivity (Wildman–Crippen MR) is 54.6 cm³/mol. The van der Waals surface area contributed by atoms with E-state index in [2.05, 4.69) is 0 Å². The molecule has 0 heterocycles. The van der Waals surface area contributed by atoms with Gasteiger partial charge in [0.1, 0.15) is 0 Å². The molecule has 0 aromatic carbocycles. The Morgan fingerprint density at radius 2 is 1.50 bits per heavy atom. The third kappa shape index (κ3) is 23.4. The van der Waals surface area contributed by atoms with Crippen molar-refractivity contribution in [1.29, 1.82) is 0 Å². The summed E-state index contributed by atoms with van der Waals surface area (Å²) >= 11 is 0. The number of hydrogen-bond acceptors (Lipinski definition) is 2. The Bertz CT molecular complexity index is 65.7. The highest BCUT2D eigenvalue weighted by Gasteiger charge is 2.06. The van der Waals surface area contributed by atoms with Gasteiger partial charge in [-0.05, 0) is 13.8 Å². The van der Waals surface area contributed by atoms with Gasteiger partial charge in [-0.25, -0.2) is 0 Å². The Labute approximate surface area is 80.2 Å². The van der Waals surface area contributed by atoms with E-state index in [1.165, 1.54) is 19.3 Å². The third-order valence-corrected chi connectivity index (χ3v) is 0.853. The van der Waals surface area contributed by atoms with Crippen LogP contribution in [0.15, 0.2) is 0 Å². The van der Waals surface area contributed by atoms with Crippen LogP contribution >= 0.6 is 24.0 Å². The Hall–Kier alpha value is 0.650. The zero-order chi connectivity index (χ0) is 7.33. The molecule has 10 heavy (non-hydrogen) atoms. The van der Waals surface area contributed by atoms with Crippen LogP contribution in [0, 0.1) is 0 Å². The number of hydrogen-bond donors (Lipinski definition) is 2. The van der Waals surface area contributed by atoms with E-state index in [9.17, 15) is 0 Å². The molecule has 1 aliphatic rings. The summed E-state index contributed by atoms with van der Waals surface area (Å²) in [4.78, 5) is 0. The summed E-state index contributed by atoms with van der Waals surface area (Å²) < 4.78 is 0. The first-order valence-electron chi connectivity index (χ1n) is 3.49. The first-order valence-corrected chi connectivity index (χ1v) is 3.49. The highest BCUT2D eigenvalue weighted by Crippen LogP contribution is 2.14. The van der Waals surface area contributed by atoms with Crippen LogP contribution < -0.4 is 5.73 Å². The molecule has 1 saturated carbocycles. The van der Waals surface area contributed by atoms with Gasteiger partial charge in [-0.3, -0.25) is 0 Å². The molecule has 1 aliphatic carbocycles. The molecule has 0 aliphatic heterocycles. The maximum atomic E-state index is 8.70. The fraction of sp³-hybridized carbons (Fsp3) is 1.00. The molecule has 64 valence electrons. The summed E-state index contributed by atoms with van der Waals surface area (Å²) in [7, 11) is 0. The molecular weight excluding hydrogens is 241 g/mol. The minimum Gasteiger partial charge on any atom is -0.389 e. The van der Waals surface area contributed by atoms with Crippen LogP contribution in [0.3, 0.4) is 0 Å². The molecule has 0 aromatic rings. The fourth-order valence-electron chi connectivity index (χ4n) is 0. The SMILES string of the molecule is C1CC1.CC(C)(O)CN.I. The van der Waals surface area contributed by atoms with Crippen molar-refractivity contribution in [3.05, 3.63) is 0 Å². The van der Waals surface area contributed by atoms with Crippen LogP contribution in [0.5, 0.6) is 0 Å². The van der Waals surface area contributed by atoms with Gasteiger partial charge < -0.3 is 10.8 Å². The van der Waals surface area contributed by atoms with Gasteiger partial charge in [0.15, 0.2) is 0 Å². The van der Waals surface area contributed by atoms with Gasteiger partial charge in [-0.15, -0.1) is 24.0 Å². The summed E-state index contributed by atoms with van der Waals surface area (Å²) in [6.45, 7) is 3.67. The van der Waals surface area contributed by atoms with Crippen molar-refractivity contribution < 1.29 is 5.11 Å². The van der Waals surface area contributed by atoms with Gasteiger partial charge >= 0.3 is 0 Å². The standard InChI is InChI=1S/C4H11NO.C3H6.HI/c1-4(2,6)3-5;1-2-3-1;/h6H,3,5H2,1-2H3;1-3H2;1H. The number of halogens is 1. The predicted octanol–water partition coefficient (Wildman–Crippen LogP) is 1.50. The zero-order valence-electron chi connectivity index (χ0n) is 6.76. The van der Waals surface area contributed by atoms with E-state index in [0.29, 0.717) is 6.54 Å². The smallest absolute Gasteiger partial charge is 0.0713 e. The van der Waals surface area contributed by atoms with Crippen LogP contribution in [0.1, 0.15) is 33.1 Å². The van der Waals surface area contributed by atoms with Crippen molar-refractivity contribution >= 4 is 24.0 Å². The van der Waals surface area contributed by atoms with Crippen LogP contribution in [-0.2, 0) is 0 Å². The molecule has 0 atom stereocenters. The van der Waals surface area contributed by atoms with Crippen molar-refractivity contribution in [1.82, 2.24) is 0 Å². The second kappa shape index (κ2) is 6.37. The van der Waals surface area contributed by atoms with Crippen molar-refractivity contribution in [2.45, 2.75) is 38.7 Å². The van der Waals surface area contributed by atoms with Crippen molar-refractivity contribution in [3.8, 4) is 0 Å². The van der Waals surface area contributed by atoms with Gasteiger partial charge in [-0.2, -0.15) is 0 Å². The van der Waals surface area contributed by atoms with Gasteiger partial charge in [0.25, 0.3) is 0 Å². The normalized spacial score (nSPS) is 14.4. The van der Waals surface area contributed by atoms with E-state index in [0.717, 1.165) is 0 Å². The molecule has 0 radical (unpaired) electrons. The molecule has 0 amide bonds. The van der Waals surface area contributed by atoms with E-state index in [1.807, 2.05) is 0 Å². The number of rotatable bonds is 1. The summed E-state index contributed by atoms with van der Waals surface area (Å²) in [6.07, 6.45) is 4.50. The van der Waals surface area contributed by atoms with Crippen LogP contribution in [0.25, 0.3) is 0 Å². The van der Waals surface area contributed by atoms with E-state index >= 15 is 0 Å². The topological polar surface area (TPSA) is 46.2 Å². The average molecular weight is 259 g/mol. The Kier molecular flexibility index (Phi) is 8.44. The molecule has 0 unspecified atom stereocenters. The highest BCUT2D eigenvalue weighted by molar-refractivity contribution is 14.0. The van der Waals surface area contributed by atoms with Gasteiger partial charge in [0.05, 0.1) is 5.60 Å². The van der Waals surface area contributed by atoms with E-state index in [1.54, 1.807) is 13.8 Å². The summed E-state index contributed by atoms with van der Waals surface area (Å²) in [5, 5.41) is 8.70. The van der Waals surface area contributed by atoms with E-state index < -0.39 is 5.60 Å². The Morgan fingerprint density at radius 3 is 1.50 bits per heavy atom. The molecule has 0 bridgehead atoms. The monoisotopic (exact) mass is 259 g/mol.